The van der Waals surface area contributed by atoms with Crippen LogP contribution in [0.25, 0.3) is 0 Å². The van der Waals surface area contributed by atoms with Crippen molar-refractivity contribution < 1.29 is 59.6 Å². The average molecular weight is 179 g/mol. The van der Waals surface area contributed by atoms with Gasteiger partial charge in [0.25, 0.3) is 0 Å². The van der Waals surface area contributed by atoms with Crippen molar-refractivity contribution in [3.8, 4) is 0 Å². The monoisotopic (exact) mass is 179 g/mol. The number of carboxylic acid groups (broad SMARTS) is 2. The van der Waals surface area contributed by atoms with Crippen LogP contribution in [0.3, 0.4) is 0 Å². The molecule has 6 heteroatoms. The van der Waals surface area contributed by atoms with Crippen molar-refractivity contribution in [2.75, 3.05) is 0 Å². The second-order valence-electron chi connectivity index (χ2n) is 0.283. The molecule has 0 spiro atoms. The van der Waals surface area contributed by atoms with Crippen molar-refractivity contribution in [3.05, 3.63) is 0 Å². The van der Waals surface area contributed by atoms with Gasteiger partial charge in [-0.3, -0.25) is 0 Å². The third-order valence-electron chi connectivity index (χ3n) is 0. The Morgan fingerprint density at radius 3 is 1.43 bits per heavy atom. The van der Waals surface area contributed by atoms with E-state index in [-0.39, 0.29) is 20.3 Å². The first-order valence-corrected chi connectivity index (χ1v) is 1.73. The first kappa shape index (κ1) is 15.7. The molecule has 0 fully saturated rings. The molecule has 0 radical (unpaired) electrons. The predicted molar refractivity (Wildman–Crippen MR) is 12.5 cm³/mol. The van der Waals surface area contributed by atoms with Gasteiger partial charge >= 0.3 is 49.3 Å². The molecule has 37 valence electrons. The van der Waals surface area contributed by atoms with E-state index in [0.717, 1.165) is 0 Å². The van der Waals surface area contributed by atoms with E-state index in [9.17, 15) is 0 Å². The molecule has 0 aliphatic carbocycles. The zero-order valence-electron chi connectivity index (χ0n) is 4.66. The number of hydrogen-bond acceptors (Lipinski definition) is 2. The fourth-order valence-corrected chi connectivity index (χ4v) is 0. The summed E-state index contributed by atoms with van der Waals surface area (Å²) in [5.74, 6) is 0. The standard InChI is InChI=1S/CH2O3.Li.Nb.O.H/c2-1(3)4;;;;/h(H2,2,3,4);;;;/q;+1;;;-1. The molecule has 0 aliphatic heterocycles. The molecule has 0 rings (SSSR count). The van der Waals surface area contributed by atoms with Gasteiger partial charge in [0, 0.05) is 0 Å². The minimum absolute atomic E-state index is 0. The molecule has 2 N–H and O–H groups in total. The second-order valence-corrected chi connectivity index (χ2v) is 0.283. The summed E-state index contributed by atoms with van der Waals surface area (Å²) in [4.78, 5) is 8.56. The van der Waals surface area contributed by atoms with E-state index >= 15 is 0 Å². The minimum atomic E-state index is -1.83. The van der Waals surface area contributed by atoms with E-state index in [4.69, 9.17) is 18.3 Å². The molecule has 0 unspecified atom stereocenters. The fraction of sp³-hybridized carbons (Fsp3) is 0. The van der Waals surface area contributed by atoms with E-state index in [1.165, 1.54) is 0 Å². The summed E-state index contributed by atoms with van der Waals surface area (Å²) < 4.78 is 8.30. The van der Waals surface area contributed by atoms with Gasteiger partial charge in [0.15, 0.2) is 0 Å². The van der Waals surface area contributed by atoms with E-state index < -0.39 is 6.16 Å². The van der Waals surface area contributed by atoms with Crippen molar-refractivity contribution in [3.63, 3.8) is 0 Å². The number of rotatable bonds is 0. The molecule has 0 saturated carbocycles. The Labute approximate surface area is 65.8 Å². The Kier molecular flexibility index (Phi) is 36.1. The molecule has 0 aliphatic rings. The molecule has 0 amide bonds. The van der Waals surface area contributed by atoms with E-state index in [1.54, 1.807) is 0 Å². The summed E-state index contributed by atoms with van der Waals surface area (Å²) in [6.07, 6.45) is -1.83. The molecular weight excluding hydrogens is 176 g/mol. The summed E-state index contributed by atoms with van der Waals surface area (Å²) in [5, 5.41) is 13.9. The second kappa shape index (κ2) is 16.1. The Hall–Kier alpha value is 0.408. The number of hydrogen-bond donors (Lipinski definition) is 2. The summed E-state index contributed by atoms with van der Waals surface area (Å²) >= 11 is 0.500. The normalized spacial score (nSPS) is 3.86. The Bertz CT molecular complexity index is 47.3. The van der Waals surface area contributed by atoms with E-state index in [0.29, 0.717) is 21.0 Å². The molecule has 0 aromatic heterocycles. The molecule has 0 bridgehead atoms. The van der Waals surface area contributed by atoms with Crippen molar-refractivity contribution in [1.29, 1.82) is 0 Å². The summed E-state index contributed by atoms with van der Waals surface area (Å²) in [6, 6.07) is 0. The van der Waals surface area contributed by atoms with Gasteiger partial charge in [-0.15, -0.1) is 0 Å². The van der Waals surface area contributed by atoms with Crippen molar-refractivity contribution in [1.82, 2.24) is 0 Å². The van der Waals surface area contributed by atoms with Crippen molar-refractivity contribution >= 4 is 6.16 Å². The van der Waals surface area contributed by atoms with Crippen LogP contribution in [0.4, 0.5) is 4.79 Å². The maximum atomic E-state index is 8.56. The Morgan fingerprint density at radius 2 is 1.43 bits per heavy atom. The van der Waals surface area contributed by atoms with E-state index in [2.05, 4.69) is 0 Å². The van der Waals surface area contributed by atoms with Crippen LogP contribution in [0.15, 0.2) is 0 Å². The third-order valence-corrected chi connectivity index (χ3v) is 0. The Balaban J connectivity index is -0.0000000183. The van der Waals surface area contributed by atoms with Crippen LogP contribution in [-0.2, 0) is 24.3 Å². The van der Waals surface area contributed by atoms with Gasteiger partial charge in [-0.25, -0.2) is 4.79 Å². The first-order valence-electron chi connectivity index (χ1n) is 0.834. The van der Waals surface area contributed by atoms with Gasteiger partial charge in [0.2, 0.25) is 0 Å². The third kappa shape index (κ3) is 749. The average Bonchev–Trinajstić information content (AvgIpc) is 1.41. The van der Waals surface area contributed by atoms with Crippen LogP contribution >= 0.6 is 0 Å². The van der Waals surface area contributed by atoms with Gasteiger partial charge in [0.1, 0.15) is 0 Å². The molecule has 4 nitrogen and oxygen atoms in total. The quantitative estimate of drug-likeness (QED) is 0.394. The maximum absolute atomic E-state index is 8.56. The van der Waals surface area contributed by atoms with Gasteiger partial charge in [-0.2, -0.15) is 0 Å². The topological polar surface area (TPSA) is 74.6 Å². The van der Waals surface area contributed by atoms with Crippen LogP contribution in [0.5, 0.6) is 0 Å². The molecule has 0 saturated heterocycles. The Morgan fingerprint density at radius 1 is 1.43 bits per heavy atom. The van der Waals surface area contributed by atoms with Crippen LogP contribution in [0, 0.1) is 0 Å². The van der Waals surface area contributed by atoms with Crippen LogP contribution in [0.1, 0.15) is 1.43 Å². The van der Waals surface area contributed by atoms with Crippen LogP contribution in [0.2, 0.25) is 0 Å². The fourth-order valence-electron chi connectivity index (χ4n) is 0. The van der Waals surface area contributed by atoms with E-state index in [1.807, 2.05) is 0 Å². The molecular formula is CH3LiNbO4. The molecule has 0 heterocycles. The SMILES string of the molecule is O=C(O)O.[H-].[Li+].[O]=[Nb]. The summed E-state index contributed by atoms with van der Waals surface area (Å²) in [7, 11) is 0. The van der Waals surface area contributed by atoms with Gasteiger partial charge in [-0.1, -0.05) is 0 Å². The molecule has 0 atom stereocenters. The van der Waals surface area contributed by atoms with Crippen LogP contribution < -0.4 is 18.9 Å². The molecule has 0 aromatic carbocycles. The first-order chi connectivity index (χ1) is 2.73. The number of carbonyl (C=O) groups is 1. The summed E-state index contributed by atoms with van der Waals surface area (Å²) in [5.41, 5.74) is 0. The predicted octanol–water partition coefficient (Wildman–Crippen LogP) is -2.78. The van der Waals surface area contributed by atoms with Gasteiger partial charge in [0.05, 0.1) is 0 Å². The summed E-state index contributed by atoms with van der Waals surface area (Å²) in [6.45, 7) is 0. The van der Waals surface area contributed by atoms with Crippen molar-refractivity contribution in [2.45, 2.75) is 0 Å². The molecule has 7 heavy (non-hydrogen) atoms. The van der Waals surface area contributed by atoms with Crippen LogP contribution in [-0.4, -0.2) is 16.4 Å². The van der Waals surface area contributed by atoms with Gasteiger partial charge in [-0.05, 0) is 0 Å². The zero-order chi connectivity index (χ0) is 5.58. The van der Waals surface area contributed by atoms with Crippen molar-refractivity contribution in [2.24, 2.45) is 0 Å². The molecule has 0 aromatic rings. The zero-order valence-corrected chi connectivity index (χ0v) is 5.86. The van der Waals surface area contributed by atoms with Gasteiger partial charge < -0.3 is 11.6 Å².